The van der Waals surface area contributed by atoms with E-state index in [1.54, 1.807) is 36.4 Å². The summed E-state index contributed by atoms with van der Waals surface area (Å²) in [5.74, 6) is -0.994. The minimum atomic E-state index is -1.08. The van der Waals surface area contributed by atoms with E-state index in [-0.39, 0.29) is 12.2 Å². The van der Waals surface area contributed by atoms with Crippen LogP contribution in [-0.4, -0.2) is 22.3 Å². The molecular weight excluding hydrogens is 390 g/mol. The molecule has 1 atom stereocenters. The molecule has 0 fully saturated rings. The fraction of sp³-hybridized carbons (Fsp3) is 0.111. The third-order valence-electron chi connectivity index (χ3n) is 3.22. The summed E-state index contributed by atoms with van der Waals surface area (Å²) in [4.78, 5) is 22.7. The SMILES string of the molecule is O=C(O)/C=C/C[C@@H](OC(=O)Nc1ccc(Br)cc1)c1ccc(O)cc1. The van der Waals surface area contributed by atoms with Crippen molar-refractivity contribution in [3.8, 4) is 5.75 Å². The van der Waals surface area contributed by atoms with Crippen LogP contribution in [0.15, 0.2) is 65.2 Å². The van der Waals surface area contributed by atoms with E-state index in [0.29, 0.717) is 11.3 Å². The Labute approximate surface area is 152 Å². The van der Waals surface area contributed by atoms with Gasteiger partial charge in [0.15, 0.2) is 0 Å². The van der Waals surface area contributed by atoms with E-state index in [9.17, 15) is 14.7 Å². The van der Waals surface area contributed by atoms with Crippen molar-refractivity contribution in [2.75, 3.05) is 5.32 Å². The number of anilines is 1. The molecule has 2 aromatic rings. The van der Waals surface area contributed by atoms with Gasteiger partial charge in [-0.3, -0.25) is 5.32 Å². The summed E-state index contributed by atoms with van der Waals surface area (Å²) >= 11 is 3.31. The van der Waals surface area contributed by atoms with Crippen molar-refractivity contribution in [1.29, 1.82) is 0 Å². The third-order valence-corrected chi connectivity index (χ3v) is 3.74. The monoisotopic (exact) mass is 405 g/mol. The van der Waals surface area contributed by atoms with Gasteiger partial charge < -0.3 is 14.9 Å². The number of carbonyl (C=O) groups excluding carboxylic acids is 1. The highest BCUT2D eigenvalue weighted by atomic mass is 79.9. The standard InChI is InChI=1S/C18H16BrNO5/c19-13-6-8-14(9-7-13)20-18(24)25-16(2-1-3-17(22)23)12-4-10-15(21)11-5-12/h1,3-11,16,21H,2H2,(H,20,24)(H,22,23)/b3-1+/t16-/m1/s1. The Bertz CT molecular complexity index is 756. The molecule has 7 heteroatoms. The molecule has 0 saturated carbocycles. The summed E-state index contributed by atoms with van der Waals surface area (Å²) in [6.45, 7) is 0. The van der Waals surface area contributed by atoms with E-state index in [1.165, 1.54) is 18.2 Å². The predicted octanol–water partition coefficient (Wildman–Crippen LogP) is 4.48. The minimum Gasteiger partial charge on any atom is -0.508 e. The maximum atomic E-state index is 12.1. The van der Waals surface area contributed by atoms with Crippen LogP contribution in [0.2, 0.25) is 0 Å². The summed E-state index contributed by atoms with van der Waals surface area (Å²) in [6, 6.07) is 13.2. The number of amides is 1. The maximum Gasteiger partial charge on any atom is 0.412 e. The molecule has 0 radical (unpaired) electrons. The Hall–Kier alpha value is -2.80. The summed E-state index contributed by atoms with van der Waals surface area (Å²) < 4.78 is 6.29. The van der Waals surface area contributed by atoms with Gasteiger partial charge in [0, 0.05) is 22.7 Å². The molecule has 2 aromatic carbocycles. The van der Waals surface area contributed by atoms with Gasteiger partial charge in [0.1, 0.15) is 11.9 Å². The van der Waals surface area contributed by atoms with Gasteiger partial charge in [-0.2, -0.15) is 0 Å². The van der Waals surface area contributed by atoms with Crippen LogP contribution in [0.3, 0.4) is 0 Å². The van der Waals surface area contributed by atoms with Crippen molar-refractivity contribution < 1.29 is 24.5 Å². The van der Waals surface area contributed by atoms with Gasteiger partial charge in [0.05, 0.1) is 0 Å². The van der Waals surface area contributed by atoms with Crippen LogP contribution in [0.25, 0.3) is 0 Å². The maximum absolute atomic E-state index is 12.1. The molecule has 2 rings (SSSR count). The van der Waals surface area contributed by atoms with Gasteiger partial charge >= 0.3 is 12.1 Å². The first-order valence-electron chi connectivity index (χ1n) is 7.35. The molecule has 0 aliphatic carbocycles. The van der Waals surface area contributed by atoms with Gasteiger partial charge in [0.25, 0.3) is 0 Å². The van der Waals surface area contributed by atoms with Crippen molar-refractivity contribution in [3.63, 3.8) is 0 Å². The van der Waals surface area contributed by atoms with Crippen LogP contribution in [-0.2, 0) is 9.53 Å². The summed E-state index contributed by atoms with van der Waals surface area (Å²) in [5, 5.41) is 20.7. The Morgan fingerprint density at radius 1 is 1.12 bits per heavy atom. The first-order chi connectivity index (χ1) is 11.9. The quantitative estimate of drug-likeness (QED) is 0.615. The topological polar surface area (TPSA) is 95.9 Å². The number of benzene rings is 2. The zero-order chi connectivity index (χ0) is 18.2. The molecule has 6 nitrogen and oxygen atoms in total. The van der Waals surface area contributed by atoms with Crippen molar-refractivity contribution in [1.82, 2.24) is 0 Å². The second kappa shape index (κ2) is 8.89. The number of carbonyl (C=O) groups is 2. The van der Waals surface area contributed by atoms with Crippen LogP contribution in [0.4, 0.5) is 10.5 Å². The molecule has 0 heterocycles. The second-order valence-electron chi connectivity index (χ2n) is 5.09. The molecule has 0 unspecified atom stereocenters. The number of hydrogen-bond donors (Lipinski definition) is 3. The largest absolute Gasteiger partial charge is 0.508 e. The van der Waals surface area contributed by atoms with E-state index in [0.717, 1.165) is 10.5 Å². The molecule has 0 aromatic heterocycles. The van der Waals surface area contributed by atoms with Gasteiger partial charge in [0.2, 0.25) is 0 Å². The van der Waals surface area contributed by atoms with Crippen molar-refractivity contribution in [2.45, 2.75) is 12.5 Å². The highest BCUT2D eigenvalue weighted by molar-refractivity contribution is 9.10. The van der Waals surface area contributed by atoms with E-state index >= 15 is 0 Å². The second-order valence-corrected chi connectivity index (χ2v) is 6.01. The number of ether oxygens (including phenoxy) is 1. The number of carboxylic acid groups (broad SMARTS) is 1. The molecule has 25 heavy (non-hydrogen) atoms. The lowest BCUT2D eigenvalue weighted by Gasteiger charge is -2.17. The first kappa shape index (κ1) is 18.5. The number of carboxylic acids is 1. The van der Waals surface area contributed by atoms with E-state index in [2.05, 4.69) is 21.2 Å². The number of aromatic hydroxyl groups is 1. The van der Waals surface area contributed by atoms with Gasteiger partial charge in [-0.25, -0.2) is 9.59 Å². The number of aliphatic carboxylic acids is 1. The number of rotatable bonds is 6. The molecule has 0 spiro atoms. The number of halogens is 1. The fourth-order valence-corrected chi connectivity index (χ4v) is 2.31. The summed E-state index contributed by atoms with van der Waals surface area (Å²) in [5.41, 5.74) is 1.21. The van der Waals surface area contributed by atoms with E-state index in [1.807, 2.05) is 0 Å². The zero-order valence-corrected chi connectivity index (χ0v) is 14.6. The molecule has 130 valence electrons. The highest BCUT2D eigenvalue weighted by Gasteiger charge is 2.16. The van der Waals surface area contributed by atoms with Gasteiger partial charge in [-0.05, 0) is 42.0 Å². The van der Waals surface area contributed by atoms with Crippen LogP contribution in [0.5, 0.6) is 5.75 Å². The van der Waals surface area contributed by atoms with Crippen molar-refractivity contribution in [2.24, 2.45) is 0 Å². The molecule has 0 saturated heterocycles. The van der Waals surface area contributed by atoms with Crippen LogP contribution < -0.4 is 5.32 Å². The lowest BCUT2D eigenvalue weighted by molar-refractivity contribution is -0.131. The Kier molecular flexibility index (Phi) is 6.59. The predicted molar refractivity (Wildman–Crippen MR) is 96.5 cm³/mol. The lowest BCUT2D eigenvalue weighted by atomic mass is 10.1. The third kappa shape index (κ3) is 6.31. The number of hydrogen-bond acceptors (Lipinski definition) is 4. The molecule has 0 aliphatic rings. The molecule has 1 amide bonds. The Morgan fingerprint density at radius 3 is 2.36 bits per heavy atom. The fourth-order valence-electron chi connectivity index (χ4n) is 2.04. The first-order valence-corrected chi connectivity index (χ1v) is 8.15. The van der Waals surface area contributed by atoms with Crippen molar-refractivity contribution >= 4 is 33.7 Å². The Morgan fingerprint density at radius 2 is 1.76 bits per heavy atom. The number of nitrogens with one attached hydrogen (secondary N) is 1. The average molecular weight is 406 g/mol. The smallest absolute Gasteiger partial charge is 0.412 e. The lowest BCUT2D eigenvalue weighted by Crippen LogP contribution is -2.17. The molecule has 3 N–H and O–H groups in total. The van der Waals surface area contributed by atoms with Gasteiger partial charge in [-0.15, -0.1) is 0 Å². The zero-order valence-electron chi connectivity index (χ0n) is 13.1. The highest BCUT2D eigenvalue weighted by Crippen LogP contribution is 2.25. The van der Waals surface area contributed by atoms with Crippen LogP contribution in [0.1, 0.15) is 18.1 Å². The van der Waals surface area contributed by atoms with Crippen LogP contribution >= 0.6 is 15.9 Å². The summed E-state index contributed by atoms with van der Waals surface area (Å²) in [6.07, 6.45) is 1.23. The van der Waals surface area contributed by atoms with E-state index < -0.39 is 18.2 Å². The van der Waals surface area contributed by atoms with Crippen molar-refractivity contribution in [3.05, 3.63) is 70.7 Å². The van der Waals surface area contributed by atoms with E-state index in [4.69, 9.17) is 9.84 Å². The normalized spacial score (nSPS) is 11.9. The average Bonchev–Trinajstić information content (AvgIpc) is 2.56. The minimum absolute atomic E-state index is 0.0860. The molecule has 0 bridgehead atoms. The number of phenols is 1. The van der Waals surface area contributed by atoms with Crippen LogP contribution in [0, 0.1) is 0 Å². The Balaban J connectivity index is 2.08. The summed E-state index contributed by atoms with van der Waals surface area (Å²) in [7, 11) is 0. The molecule has 0 aliphatic heterocycles. The van der Waals surface area contributed by atoms with Gasteiger partial charge in [-0.1, -0.05) is 34.1 Å². The number of phenolic OH excluding ortho intramolecular Hbond substituents is 1. The molecular formula is C18H16BrNO5.